The number of aryl methyl sites for hydroxylation is 3. The van der Waals surface area contributed by atoms with Crippen molar-refractivity contribution in [2.75, 3.05) is 20.1 Å². The van der Waals surface area contributed by atoms with E-state index >= 15 is 0 Å². The first kappa shape index (κ1) is 25.9. The monoisotopic (exact) mass is 530 g/mol. The van der Waals surface area contributed by atoms with Gasteiger partial charge in [0.2, 0.25) is 0 Å². The second-order valence-corrected chi connectivity index (χ2v) is 7.24. The van der Waals surface area contributed by atoms with Gasteiger partial charge in [-0.1, -0.05) is 6.07 Å². The molecule has 0 aliphatic carbocycles. The summed E-state index contributed by atoms with van der Waals surface area (Å²) in [6.07, 6.45) is 0.835. The van der Waals surface area contributed by atoms with E-state index in [1.807, 2.05) is 18.7 Å². The number of aliphatic imine (C=N–C) groups is 1. The van der Waals surface area contributed by atoms with Crippen molar-refractivity contribution in [3.63, 3.8) is 0 Å². The molecule has 166 valence electrons. The van der Waals surface area contributed by atoms with Gasteiger partial charge in [-0.2, -0.15) is 5.10 Å². The summed E-state index contributed by atoms with van der Waals surface area (Å²) in [5, 5.41) is 13.8. The van der Waals surface area contributed by atoms with Crippen LogP contribution in [0.2, 0.25) is 0 Å². The van der Waals surface area contributed by atoms with Gasteiger partial charge in [0.1, 0.15) is 5.82 Å². The number of nitrogens with one attached hydrogen (secondary N) is 3. The molecular weight excluding hydrogens is 498 g/mol. The van der Waals surface area contributed by atoms with E-state index in [0.29, 0.717) is 30.2 Å². The fraction of sp³-hybridized carbons (Fsp3) is 0.476. The van der Waals surface area contributed by atoms with Crippen LogP contribution in [0.5, 0.6) is 0 Å². The summed E-state index contributed by atoms with van der Waals surface area (Å²) in [5.41, 5.74) is 4.27. The number of carbonyl (C=O) groups excluding carboxylic acids is 1. The molecule has 1 atom stereocenters. The summed E-state index contributed by atoms with van der Waals surface area (Å²) in [6, 6.07) is 4.63. The highest BCUT2D eigenvalue weighted by Gasteiger charge is 2.14. The Morgan fingerprint density at radius 2 is 1.90 bits per heavy atom. The minimum absolute atomic E-state index is 0. The van der Waals surface area contributed by atoms with Gasteiger partial charge in [0.05, 0.1) is 5.69 Å². The number of amides is 1. The molecule has 0 spiro atoms. The average molecular weight is 530 g/mol. The lowest BCUT2D eigenvalue weighted by Gasteiger charge is -2.18. The third kappa shape index (κ3) is 6.96. The Balaban J connectivity index is 0.00000450. The number of hydrogen-bond acceptors (Lipinski definition) is 3. The van der Waals surface area contributed by atoms with Crippen molar-refractivity contribution in [3.8, 4) is 0 Å². The zero-order valence-electron chi connectivity index (χ0n) is 18.5. The molecule has 1 unspecified atom stereocenters. The minimum Gasteiger partial charge on any atom is -0.355 e. The van der Waals surface area contributed by atoms with Gasteiger partial charge in [-0.05, 0) is 57.4 Å². The molecule has 1 aromatic carbocycles. The Labute approximate surface area is 194 Å². The quantitative estimate of drug-likeness (QED) is 0.223. The van der Waals surface area contributed by atoms with E-state index in [1.165, 1.54) is 11.6 Å². The fourth-order valence-electron chi connectivity index (χ4n) is 3.09. The molecule has 0 aliphatic heterocycles. The second kappa shape index (κ2) is 11.9. The fourth-order valence-corrected chi connectivity index (χ4v) is 3.09. The molecule has 3 N–H and O–H groups in total. The van der Waals surface area contributed by atoms with Crippen molar-refractivity contribution in [2.24, 2.45) is 12.0 Å². The third-order valence-corrected chi connectivity index (χ3v) is 4.91. The first-order valence-electron chi connectivity index (χ1n) is 9.73. The van der Waals surface area contributed by atoms with Crippen LogP contribution in [0.1, 0.15) is 39.8 Å². The van der Waals surface area contributed by atoms with E-state index in [1.54, 1.807) is 26.1 Å². The topological polar surface area (TPSA) is 83.3 Å². The summed E-state index contributed by atoms with van der Waals surface area (Å²) < 4.78 is 15.5. The predicted octanol–water partition coefficient (Wildman–Crippen LogP) is 2.63. The Hall–Kier alpha value is -2.17. The lowest BCUT2D eigenvalue weighted by Crippen LogP contribution is -2.45. The van der Waals surface area contributed by atoms with Crippen molar-refractivity contribution in [1.29, 1.82) is 0 Å². The van der Waals surface area contributed by atoms with Crippen molar-refractivity contribution in [1.82, 2.24) is 25.7 Å². The Bertz CT molecular complexity index is 896. The molecule has 0 aliphatic rings. The normalized spacial score (nSPS) is 12.2. The number of nitrogens with zero attached hydrogens (tertiary/aromatic N) is 3. The maximum atomic E-state index is 13.6. The van der Waals surface area contributed by atoms with E-state index in [0.717, 1.165) is 17.8 Å². The third-order valence-electron chi connectivity index (χ3n) is 4.91. The summed E-state index contributed by atoms with van der Waals surface area (Å²) in [7, 11) is 3.65. The first-order chi connectivity index (χ1) is 13.7. The zero-order chi connectivity index (χ0) is 21.6. The van der Waals surface area contributed by atoms with Crippen molar-refractivity contribution < 1.29 is 9.18 Å². The first-order valence-corrected chi connectivity index (χ1v) is 9.73. The number of benzene rings is 1. The molecule has 7 nitrogen and oxygen atoms in total. The molecule has 9 heteroatoms. The standard InChI is InChI=1S/C21H31FN6O.HI/c1-13-7-8-17(12-19(13)22)20(29)24-9-10-25-21(23-5)26-14(2)11-18-15(3)27-28(6)16(18)4;/h7-8,12,14H,9-11H2,1-6H3,(H,24,29)(H2,23,25,26);1H. The summed E-state index contributed by atoms with van der Waals surface area (Å²) in [5.74, 6) is -0.0228. The van der Waals surface area contributed by atoms with Crippen molar-refractivity contribution in [3.05, 3.63) is 52.1 Å². The number of hydrogen-bond donors (Lipinski definition) is 3. The van der Waals surface area contributed by atoms with Gasteiger partial charge in [0.25, 0.3) is 5.91 Å². The van der Waals surface area contributed by atoms with E-state index in [2.05, 4.69) is 39.9 Å². The van der Waals surface area contributed by atoms with E-state index < -0.39 is 0 Å². The highest BCUT2D eigenvalue weighted by Crippen LogP contribution is 2.14. The van der Waals surface area contributed by atoms with Gasteiger partial charge < -0.3 is 16.0 Å². The SMILES string of the molecule is CN=C(NCCNC(=O)c1ccc(C)c(F)c1)NC(C)Cc1c(C)nn(C)c1C.I. The molecule has 0 saturated carbocycles. The smallest absolute Gasteiger partial charge is 0.251 e. The largest absolute Gasteiger partial charge is 0.355 e. The lowest BCUT2D eigenvalue weighted by atomic mass is 10.1. The molecular formula is C21H32FIN6O. The van der Waals surface area contributed by atoms with Crippen LogP contribution in [0, 0.1) is 26.6 Å². The molecule has 2 aromatic rings. The number of rotatable bonds is 7. The van der Waals surface area contributed by atoms with E-state index in [9.17, 15) is 9.18 Å². The van der Waals surface area contributed by atoms with Crippen LogP contribution in [0.4, 0.5) is 4.39 Å². The van der Waals surface area contributed by atoms with Crippen LogP contribution in [0.3, 0.4) is 0 Å². The summed E-state index contributed by atoms with van der Waals surface area (Å²) >= 11 is 0. The molecule has 1 heterocycles. The van der Waals surface area contributed by atoms with Crippen LogP contribution in [-0.4, -0.2) is 47.8 Å². The molecule has 2 rings (SSSR count). The van der Waals surface area contributed by atoms with Crippen LogP contribution in [0.15, 0.2) is 23.2 Å². The molecule has 0 saturated heterocycles. The van der Waals surface area contributed by atoms with Crippen LogP contribution in [-0.2, 0) is 13.5 Å². The number of guanidine groups is 1. The van der Waals surface area contributed by atoms with Crippen LogP contribution < -0.4 is 16.0 Å². The van der Waals surface area contributed by atoms with Crippen molar-refractivity contribution >= 4 is 35.8 Å². The molecule has 0 fully saturated rings. The highest BCUT2D eigenvalue weighted by molar-refractivity contribution is 14.0. The van der Waals surface area contributed by atoms with Crippen molar-refractivity contribution in [2.45, 2.75) is 40.2 Å². The molecule has 30 heavy (non-hydrogen) atoms. The van der Waals surface area contributed by atoms with Gasteiger partial charge in [-0.15, -0.1) is 24.0 Å². The van der Waals surface area contributed by atoms with Gasteiger partial charge in [0, 0.05) is 44.5 Å². The van der Waals surface area contributed by atoms with E-state index in [4.69, 9.17) is 0 Å². The minimum atomic E-state index is -0.381. The number of halogens is 2. The van der Waals surface area contributed by atoms with Gasteiger partial charge in [-0.3, -0.25) is 14.5 Å². The Kier molecular flexibility index (Phi) is 10.2. The zero-order valence-corrected chi connectivity index (χ0v) is 20.8. The number of carbonyl (C=O) groups is 1. The van der Waals surface area contributed by atoms with E-state index in [-0.39, 0.29) is 41.7 Å². The average Bonchev–Trinajstić information content (AvgIpc) is 2.92. The summed E-state index contributed by atoms with van der Waals surface area (Å²) in [6.45, 7) is 8.73. The molecule has 0 radical (unpaired) electrons. The summed E-state index contributed by atoms with van der Waals surface area (Å²) in [4.78, 5) is 16.3. The maximum Gasteiger partial charge on any atom is 0.251 e. The Morgan fingerprint density at radius 1 is 1.23 bits per heavy atom. The van der Waals surface area contributed by atoms with Gasteiger partial charge in [-0.25, -0.2) is 4.39 Å². The molecule has 1 aromatic heterocycles. The van der Waals surface area contributed by atoms with Gasteiger partial charge in [0.15, 0.2) is 5.96 Å². The predicted molar refractivity (Wildman–Crippen MR) is 129 cm³/mol. The molecule has 0 bridgehead atoms. The number of aromatic nitrogens is 2. The van der Waals surface area contributed by atoms with Crippen LogP contribution in [0.25, 0.3) is 0 Å². The lowest BCUT2D eigenvalue weighted by molar-refractivity contribution is 0.0954. The molecule has 1 amide bonds. The van der Waals surface area contributed by atoms with Crippen LogP contribution >= 0.6 is 24.0 Å². The second-order valence-electron chi connectivity index (χ2n) is 7.24. The Morgan fingerprint density at radius 3 is 2.47 bits per heavy atom. The van der Waals surface area contributed by atoms with Gasteiger partial charge >= 0.3 is 0 Å². The highest BCUT2D eigenvalue weighted by atomic mass is 127. The maximum absolute atomic E-state index is 13.6.